The minimum atomic E-state index is 0.559. The van der Waals surface area contributed by atoms with Gasteiger partial charge in [-0.2, -0.15) is 0 Å². The van der Waals surface area contributed by atoms with Gasteiger partial charge in [-0.25, -0.2) is 0 Å². The first-order valence-corrected chi connectivity index (χ1v) is 6.24. The Morgan fingerprint density at radius 2 is 1.75 bits per heavy atom. The van der Waals surface area contributed by atoms with E-state index in [0.29, 0.717) is 6.04 Å². The summed E-state index contributed by atoms with van der Waals surface area (Å²) in [6.07, 6.45) is 6.14. The van der Waals surface area contributed by atoms with Crippen LogP contribution in [0.25, 0.3) is 0 Å². The molecule has 16 heavy (non-hydrogen) atoms. The quantitative estimate of drug-likeness (QED) is 0.785. The van der Waals surface area contributed by atoms with Gasteiger partial charge in [0.15, 0.2) is 0 Å². The van der Waals surface area contributed by atoms with Crippen LogP contribution in [0.1, 0.15) is 40.5 Å². The van der Waals surface area contributed by atoms with Crippen molar-refractivity contribution in [1.29, 1.82) is 0 Å². The van der Waals surface area contributed by atoms with Crippen molar-refractivity contribution in [3.05, 3.63) is 24.5 Å². The first-order chi connectivity index (χ1) is 7.58. The second-order valence-corrected chi connectivity index (χ2v) is 5.34. The third kappa shape index (κ3) is 5.15. The molecule has 2 nitrogen and oxygen atoms in total. The highest BCUT2D eigenvalue weighted by atomic mass is 14.9. The highest BCUT2D eigenvalue weighted by Crippen LogP contribution is 2.17. The summed E-state index contributed by atoms with van der Waals surface area (Å²) in [5, 5.41) is 3.58. The molecular weight excluding hydrogens is 196 g/mol. The van der Waals surface area contributed by atoms with Gasteiger partial charge < -0.3 is 5.32 Å². The van der Waals surface area contributed by atoms with Crippen LogP contribution in [0.2, 0.25) is 0 Å². The van der Waals surface area contributed by atoms with Crippen LogP contribution < -0.4 is 5.32 Å². The number of hydrogen-bond acceptors (Lipinski definition) is 2. The molecule has 0 saturated heterocycles. The van der Waals surface area contributed by atoms with Crippen molar-refractivity contribution in [3.63, 3.8) is 0 Å². The Bertz CT molecular complexity index is 270. The van der Waals surface area contributed by atoms with Crippen LogP contribution in [0.5, 0.6) is 0 Å². The summed E-state index contributed by atoms with van der Waals surface area (Å²) in [4.78, 5) is 4.13. The van der Waals surface area contributed by atoms with Crippen LogP contribution in [0, 0.1) is 11.8 Å². The fraction of sp³-hybridized carbons (Fsp3) is 0.643. The van der Waals surface area contributed by atoms with Gasteiger partial charge in [0, 0.05) is 18.4 Å². The molecule has 0 spiro atoms. The van der Waals surface area contributed by atoms with Crippen molar-refractivity contribution in [3.8, 4) is 0 Å². The summed E-state index contributed by atoms with van der Waals surface area (Å²) in [7, 11) is 0. The van der Waals surface area contributed by atoms with E-state index in [-0.39, 0.29) is 0 Å². The molecule has 0 unspecified atom stereocenters. The van der Waals surface area contributed by atoms with E-state index < -0.39 is 0 Å². The first-order valence-electron chi connectivity index (χ1n) is 6.24. The predicted octanol–water partition coefficient (Wildman–Crippen LogP) is 3.95. The molecule has 0 aliphatic carbocycles. The number of anilines is 1. The van der Waals surface area contributed by atoms with Gasteiger partial charge in [0.1, 0.15) is 0 Å². The van der Waals surface area contributed by atoms with Gasteiger partial charge >= 0.3 is 0 Å². The second kappa shape index (κ2) is 6.51. The molecule has 0 aliphatic heterocycles. The van der Waals surface area contributed by atoms with Crippen molar-refractivity contribution < 1.29 is 0 Å². The summed E-state index contributed by atoms with van der Waals surface area (Å²) < 4.78 is 0. The predicted molar refractivity (Wildman–Crippen MR) is 70.6 cm³/mol. The SMILES string of the molecule is CC(C)CC(CC(C)C)Nc1cccnc1. The van der Waals surface area contributed by atoms with Crippen molar-refractivity contribution in [2.45, 2.75) is 46.6 Å². The number of pyridine rings is 1. The maximum absolute atomic E-state index is 4.13. The zero-order valence-corrected chi connectivity index (χ0v) is 10.9. The van der Waals surface area contributed by atoms with E-state index in [1.807, 2.05) is 18.5 Å². The topological polar surface area (TPSA) is 24.9 Å². The van der Waals surface area contributed by atoms with Gasteiger partial charge in [-0.05, 0) is 36.8 Å². The number of nitrogens with one attached hydrogen (secondary N) is 1. The van der Waals surface area contributed by atoms with E-state index in [1.54, 1.807) is 0 Å². The normalized spacial score (nSPS) is 11.4. The van der Waals surface area contributed by atoms with E-state index in [2.05, 4.69) is 44.1 Å². The van der Waals surface area contributed by atoms with Gasteiger partial charge in [-0.1, -0.05) is 27.7 Å². The summed E-state index contributed by atoms with van der Waals surface area (Å²) in [5.41, 5.74) is 1.13. The number of nitrogens with zero attached hydrogens (tertiary/aromatic N) is 1. The molecule has 1 heterocycles. The van der Waals surface area contributed by atoms with Gasteiger partial charge in [-0.3, -0.25) is 4.98 Å². The molecule has 0 saturated carbocycles. The molecular formula is C14H24N2. The maximum Gasteiger partial charge on any atom is 0.0528 e. The molecule has 1 rings (SSSR count). The van der Waals surface area contributed by atoms with Gasteiger partial charge in [-0.15, -0.1) is 0 Å². The molecule has 0 aliphatic rings. The van der Waals surface area contributed by atoms with Gasteiger partial charge in [0.25, 0.3) is 0 Å². The zero-order chi connectivity index (χ0) is 12.0. The number of aromatic nitrogens is 1. The average molecular weight is 220 g/mol. The van der Waals surface area contributed by atoms with Crippen molar-refractivity contribution >= 4 is 5.69 Å². The highest BCUT2D eigenvalue weighted by Gasteiger charge is 2.12. The Morgan fingerprint density at radius 1 is 1.12 bits per heavy atom. The smallest absolute Gasteiger partial charge is 0.0528 e. The van der Waals surface area contributed by atoms with Crippen molar-refractivity contribution in [1.82, 2.24) is 4.98 Å². The lowest BCUT2D eigenvalue weighted by atomic mass is 9.95. The van der Waals surface area contributed by atoms with Crippen LogP contribution in [0.4, 0.5) is 5.69 Å². The largest absolute Gasteiger partial charge is 0.381 e. The lowest BCUT2D eigenvalue weighted by Gasteiger charge is -2.23. The van der Waals surface area contributed by atoms with E-state index >= 15 is 0 Å². The minimum Gasteiger partial charge on any atom is -0.381 e. The third-order valence-electron chi connectivity index (χ3n) is 2.54. The lowest BCUT2D eigenvalue weighted by Crippen LogP contribution is -2.23. The summed E-state index contributed by atoms with van der Waals surface area (Å²) >= 11 is 0. The molecule has 1 N–H and O–H groups in total. The minimum absolute atomic E-state index is 0.559. The third-order valence-corrected chi connectivity index (χ3v) is 2.54. The Balaban J connectivity index is 2.56. The standard InChI is InChI=1S/C14H24N2/c1-11(2)8-14(9-12(3)4)16-13-6-5-7-15-10-13/h5-7,10-12,14,16H,8-9H2,1-4H3. The first kappa shape index (κ1) is 13.0. The molecule has 0 fully saturated rings. The fourth-order valence-electron chi connectivity index (χ4n) is 2.04. The van der Waals surface area contributed by atoms with Gasteiger partial charge in [0.05, 0.1) is 5.69 Å². The van der Waals surface area contributed by atoms with E-state index in [9.17, 15) is 0 Å². The maximum atomic E-state index is 4.13. The monoisotopic (exact) mass is 220 g/mol. The molecule has 0 aromatic carbocycles. The lowest BCUT2D eigenvalue weighted by molar-refractivity contribution is 0.442. The molecule has 2 heteroatoms. The Labute approximate surface area is 99.5 Å². The van der Waals surface area contributed by atoms with E-state index in [1.165, 1.54) is 12.8 Å². The Hall–Kier alpha value is -1.05. The molecule has 0 amide bonds. The molecule has 0 atom stereocenters. The highest BCUT2D eigenvalue weighted by molar-refractivity contribution is 5.40. The number of rotatable bonds is 6. The summed E-state index contributed by atoms with van der Waals surface area (Å²) in [6, 6.07) is 4.62. The molecule has 0 bridgehead atoms. The zero-order valence-electron chi connectivity index (χ0n) is 10.9. The molecule has 90 valence electrons. The van der Waals surface area contributed by atoms with E-state index in [4.69, 9.17) is 0 Å². The Kier molecular flexibility index (Phi) is 5.30. The average Bonchev–Trinajstić information content (AvgIpc) is 2.16. The van der Waals surface area contributed by atoms with Crippen LogP contribution in [-0.4, -0.2) is 11.0 Å². The van der Waals surface area contributed by atoms with Crippen molar-refractivity contribution in [2.24, 2.45) is 11.8 Å². The van der Waals surface area contributed by atoms with Crippen LogP contribution in [-0.2, 0) is 0 Å². The van der Waals surface area contributed by atoms with Crippen molar-refractivity contribution in [2.75, 3.05) is 5.32 Å². The van der Waals surface area contributed by atoms with Crippen LogP contribution in [0.3, 0.4) is 0 Å². The molecule has 1 aromatic rings. The Morgan fingerprint density at radius 3 is 2.19 bits per heavy atom. The second-order valence-electron chi connectivity index (χ2n) is 5.34. The van der Waals surface area contributed by atoms with E-state index in [0.717, 1.165) is 17.5 Å². The summed E-state index contributed by atoms with van der Waals surface area (Å²) in [5.74, 6) is 1.46. The van der Waals surface area contributed by atoms with Gasteiger partial charge in [0.2, 0.25) is 0 Å². The molecule has 0 radical (unpaired) electrons. The van der Waals surface area contributed by atoms with Crippen LogP contribution in [0.15, 0.2) is 24.5 Å². The summed E-state index contributed by atoms with van der Waals surface area (Å²) in [6.45, 7) is 9.10. The van der Waals surface area contributed by atoms with Crippen LogP contribution >= 0.6 is 0 Å². The molecule has 1 aromatic heterocycles. The number of hydrogen-bond donors (Lipinski definition) is 1. The fourth-order valence-corrected chi connectivity index (χ4v) is 2.04.